The lowest BCUT2D eigenvalue weighted by Gasteiger charge is -2.25. The van der Waals surface area contributed by atoms with Crippen molar-refractivity contribution in [1.29, 1.82) is 0 Å². The third kappa shape index (κ3) is 2.52. The molecule has 1 aromatic heterocycles. The van der Waals surface area contributed by atoms with Crippen molar-refractivity contribution in [3.8, 4) is 0 Å². The number of hydrogen-bond acceptors (Lipinski definition) is 2. The molecular weight excluding hydrogens is 298 g/mol. The summed E-state index contributed by atoms with van der Waals surface area (Å²) in [5, 5.41) is 4.47. The molecule has 3 rings (SSSR count). The topological polar surface area (TPSA) is 38.1 Å². The SMILES string of the molecule is Cn1ncc(Cl)c1C(=O)N1C[C@H](c2ccccc2)C(C)(C)C1. The van der Waals surface area contributed by atoms with Crippen molar-refractivity contribution in [2.24, 2.45) is 12.5 Å². The predicted octanol–water partition coefficient (Wildman–Crippen LogP) is 3.34. The van der Waals surface area contributed by atoms with Crippen LogP contribution in [0.5, 0.6) is 0 Å². The highest BCUT2D eigenvalue weighted by Crippen LogP contribution is 2.42. The number of aryl methyl sites for hydroxylation is 1. The van der Waals surface area contributed by atoms with Gasteiger partial charge in [-0.3, -0.25) is 9.48 Å². The summed E-state index contributed by atoms with van der Waals surface area (Å²) in [5.41, 5.74) is 1.77. The maximum absolute atomic E-state index is 12.8. The molecule has 1 atom stereocenters. The van der Waals surface area contributed by atoms with Gasteiger partial charge in [0.05, 0.1) is 11.2 Å². The van der Waals surface area contributed by atoms with E-state index in [9.17, 15) is 4.79 Å². The fraction of sp³-hybridized carbons (Fsp3) is 0.412. The Morgan fingerprint density at radius 3 is 2.59 bits per heavy atom. The first kappa shape index (κ1) is 15.1. The molecule has 0 N–H and O–H groups in total. The van der Waals surface area contributed by atoms with Gasteiger partial charge in [-0.2, -0.15) is 5.10 Å². The first-order chi connectivity index (χ1) is 10.4. The van der Waals surface area contributed by atoms with Crippen LogP contribution in [0.2, 0.25) is 5.02 Å². The molecule has 0 unspecified atom stereocenters. The Kier molecular flexibility index (Phi) is 3.73. The van der Waals surface area contributed by atoms with Crippen LogP contribution >= 0.6 is 11.6 Å². The minimum absolute atomic E-state index is 0.0298. The summed E-state index contributed by atoms with van der Waals surface area (Å²) in [7, 11) is 1.75. The summed E-state index contributed by atoms with van der Waals surface area (Å²) in [5.74, 6) is 0.279. The third-order valence-electron chi connectivity index (χ3n) is 4.53. The minimum atomic E-state index is -0.0449. The summed E-state index contributed by atoms with van der Waals surface area (Å²) >= 11 is 6.11. The van der Waals surface area contributed by atoms with Crippen LogP contribution in [-0.2, 0) is 7.05 Å². The molecule has 0 aliphatic carbocycles. The molecule has 1 aliphatic heterocycles. The van der Waals surface area contributed by atoms with E-state index in [0.717, 1.165) is 0 Å². The maximum atomic E-state index is 12.8. The lowest BCUT2D eigenvalue weighted by Crippen LogP contribution is -2.31. The molecule has 1 amide bonds. The van der Waals surface area contributed by atoms with Crippen LogP contribution in [0.1, 0.15) is 35.8 Å². The maximum Gasteiger partial charge on any atom is 0.273 e. The zero-order chi connectivity index (χ0) is 15.9. The number of aromatic nitrogens is 2. The summed E-state index contributed by atoms with van der Waals surface area (Å²) in [6, 6.07) is 10.4. The van der Waals surface area contributed by atoms with Gasteiger partial charge in [-0.15, -0.1) is 0 Å². The van der Waals surface area contributed by atoms with Crippen molar-refractivity contribution in [2.45, 2.75) is 19.8 Å². The largest absolute Gasteiger partial charge is 0.336 e. The molecule has 5 heteroatoms. The first-order valence-corrected chi connectivity index (χ1v) is 7.79. The lowest BCUT2D eigenvalue weighted by atomic mass is 9.78. The second-order valence-corrected chi connectivity index (χ2v) is 7.01. The number of carbonyl (C=O) groups excluding carboxylic acids is 1. The van der Waals surface area contributed by atoms with Gasteiger partial charge >= 0.3 is 0 Å². The Labute approximate surface area is 135 Å². The van der Waals surface area contributed by atoms with Crippen LogP contribution in [0, 0.1) is 5.41 Å². The second kappa shape index (κ2) is 5.43. The minimum Gasteiger partial charge on any atom is -0.336 e. The Morgan fingerprint density at radius 1 is 1.32 bits per heavy atom. The van der Waals surface area contributed by atoms with Crippen LogP contribution in [0.3, 0.4) is 0 Å². The summed E-state index contributed by atoms with van der Waals surface area (Å²) in [6.07, 6.45) is 1.52. The van der Waals surface area contributed by atoms with Gasteiger partial charge in [-0.05, 0) is 11.0 Å². The monoisotopic (exact) mass is 317 g/mol. The average molecular weight is 318 g/mol. The fourth-order valence-electron chi connectivity index (χ4n) is 3.33. The van der Waals surface area contributed by atoms with Crippen LogP contribution < -0.4 is 0 Å². The van der Waals surface area contributed by atoms with Gasteiger partial charge in [-0.25, -0.2) is 0 Å². The zero-order valence-electron chi connectivity index (χ0n) is 13.1. The fourth-order valence-corrected chi connectivity index (χ4v) is 3.58. The highest BCUT2D eigenvalue weighted by molar-refractivity contribution is 6.33. The number of amides is 1. The van der Waals surface area contributed by atoms with Gasteiger partial charge in [-0.1, -0.05) is 55.8 Å². The van der Waals surface area contributed by atoms with E-state index in [1.54, 1.807) is 11.7 Å². The molecule has 1 aliphatic rings. The normalized spacial score (nSPS) is 20.4. The van der Waals surface area contributed by atoms with Crippen molar-refractivity contribution in [2.75, 3.05) is 13.1 Å². The number of carbonyl (C=O) groups is 1. The summed E-state index contributed by atoms with van der Waals surface area (Å²) in [6.45, 7) is 5.84. The van der Waals surface area contributed by atoms with Crippen LogP contribution in [0.25, 0.3) is 0 Å². The van der Waals surface area contributed by atoms with E-state index in [1.165, 1.54) is 11.8 Å². The standard InChI is InChI=1S/C17H20ClN3O/c1-17(2)11-21(10-13(17)12-7-5-4-6-8-12)16(22)15-14(18)9-19-20(15)3/h4-9,13H,10-11H2,1-3H3/t13-/m1/s1. The van der Waals surface area contributed by atoms with Crippen molar-refractivity contribution in [3.05, 3.63) is 52.8 Å². The molecular formula is C17H20ClN3O. The molecule has 4 nitrogen and oxygen atoms in total. The van der Waals surface area contributed by atoms with Gasteiger partial charge < -0.3 is 4.90 Å². The van der Waals surface area contributed by atoms with Gasteiger partial charge in [0.2, 0.25) is 0 Å². The smallest absolute Gasteiger partial charge is 0.273 e. The molecule has 22 heavy (non-hydrogen) atoms. The van der Waals surface area contributed by atoms with Crippen LogP contribution in [0.15, 0.2) is 36.5 Å². The lowest BCUT2D eigenvalue weighted by molar-refractivity contribution is 0.0767. The Bertz CT molecular complexity index is 674. The number of hydrogen-bond donors (Lipinski definition) is 0. The van der Waals surface area contributed by atoms with Crippen LogP contribution in [-0.4, -0.2) is 33.7 Å². The molecule has 1 aromatic carbocycles. The predicted molar refractivity (Wildman–Crippen MR) is 87.1 cm³/mol. The third-order valence-corrected chi connectivity index (χ3v) is 4.81. The first-order valence-electron chi connectivity index (χ1n) is 7.42. The summed E-state index contributed by atoms with van der Waals surface area (Å²) < 4.78 is 1.55. The van der Waals surface area contributed by atoms with Gasteiger partial charge in [0.15, 0.2) is 0 Å². The summed E-state index contributed by atoms with van der Waals surface area (Å²) in [4.78, 5) is 14.7. The molecule has 0 saturated carbocycles. The van der Waals surface area contributed by atoms with E-state index in [1.807, 2.05) is 23.1 Å². The van der Waals surface area contributed by atoms with Gasteiger partial charge in [0.25, 0.3) is 5.91 Å². The van der Waals surface area contributed by atoms with Crippen molar-refractivity contribution < 1.29 is 4.79 Å². The van der Waals surface area contributed by atoms with E-state index in [2.05, 4.69) is 31.1 Å². The molecule has 1 saturated heterocycles. The van der Waals surface area contributed by atoms with E-state index in [4.69, 9.17) is 11.6 Å². The van der Waals surface area contributed by atoms with Crippen LogP contribution in [0.4, 0.5) is 0 Å². The van der Waals surface area contributed by atoms with Crippen molar-refractivity contribution in [3.63, 3.8) is 0 Å². The molecule has 2 aromatic rings. The molecule has 1 fully saturated rings. The molecule has 2 heterocycles. The molecule has 116 valence electrons. The number of rotatable bonds is 2. The van der Waals surface area contributed by atoms with Crippen molar-refractivity contribution >= 4 is 17.5 Å². The highest BCUT2D eigenvalue weighted by Gasteiger charge is 2.42. The average Bonchev–Trinajstić information content (AvgIpc) is 2.98. The Morgan fingerprint density at radius 2 is 2.00 bits per heavy atom. The number of benzene rings is 1. The Hall–Kier alpha value is -1.81. The van der Waals surface area contributed by atoms with E-state index in [-0.39, 0.29) is 11.3 Å². The Balaban J connectivity index is 1.88. The quantitative estimate of drug-likeness (QED) is 0.852. The van der Waals surface area contributed by atoms with Crippen molar-refractivity contribution in [1.82, 2.24) is 14.7 Å². The van der Waals surface area contributed by atoms with E-state index in [0.29, 0.717) is 29.7 Å². The van der Waals surface area contributed by atoms with E-state index >= 15 is 0 Å². The van der Waals surface area contributed by atoms with Gasteiger partial charge in [0, 0.05) is 26.1 Å². The second-order valence-electron chi connectivity index (χ2n) is 6.60. The van der Waals surface area contributed by atoms with Gasteiger partial charge in [0.1, 0.15) is 5.69 Å². The number of halogens is 1. The zero-order valence-corrected chi connectivity index (χ0v) is 13.8. The highest BCUT2D eigenvalue weighted by atomic mass is 35.5. The number of likely N-dealkylation sites (tertiary alicyclic amines) is 1. The number of nitrogens with zero attached hydrogens (tertiary/aromatic N) is 3. The molecule has 0 bridgehead atoms. The molecule has 0 spiro atoms. The van der Waals surface area contributed by atoms with E-state index < -0.39 is 0 Å². The molecule has 0 radical (unpaired) electrons.